The summed E-state index contributed by atoms with van der Waals surface area (Å²) in [4.78, 5) is 5.43. The first-order chi connectivity index (χ1) is 18.9. The maximum atomic E-state index is 5.43. The molecule has 0 saturated heterocycles. The molecule has 0 N–H and O–H groups in total. The Morgan fingerprint density at radius 3 is 1.61 bits per heavy atom. The summed E-state index contributed by atoms with van der Waals surface area (Å²) >= 11 is 0. The Morgan fingerprint density at radius 2 is 0.947 bits per heavy atom. The smallest absolute Gasteiger partial charge is 0.163 e. The van der Waals surface area contributed by atoms with Crippen molar-refractivity contribution in [2.45, 2.75) is 0 Å². The van der Waals surface area contributed by atoms with Gasteiger partial charge in [-0.05, 0) is 23.8 Å². The number of benzene rings is 5. The summed E-state index contributed by atoms with van der Waals surface area (Å²) < 4.78 is 4.87. The fourth-order valence-corrected chi connectivity index (χ4v) is 6.45. The Bertz CT molecular complexity index is 2320. The van der Waals surface area contributed by atoms with Gasteiger partial charge in [-0.25, -0.2) is 4.98 Å². The van der Waals surface area contributed by atoms with Crippen molar-refractivity contribution >= 4 is 54.8 Å². The van der Waals surface area contributed by atoms with Crippen LogP contribution in [0.4, 0.5) is 0 Å². The lowest BCUT2D eigenvalue weighted by molar-refractivity contribution is 1.19. The summed E-state index contributed by atoms with van der Waals surface area (Å²) in [6.45, 7) is 0. The lowest BCUT2D eigenvalue weighted by Gasteiger charge is -2.16. The van der Waals surface area contributed by atoms with Gasteiger partial charge in [-0.2, -0.15) is 0 Å². The molecule has 176 valence electrons. The summed E-state index contributed by atoms with van der Waals surface area (Å²) in [7, 11) is 0. The van der Waals surface area contributed by atoms with Crippen LogP contribution in [0.1, 0.15) is 0 Å². The Labute approximate surface area is 218 Å². The van der Waals surface area contributed by atoms with E-state index in [0.717, 1.165) is 22.4 Å². The number of rotatable bonds is 2. The molecule has 0 fully saturated rings. The van der Waals surface area contributed by atoms with Gasteiger partial charge < -0.3 is 4.40 Å². The molecule has 0 saturated carbocycles. The van der Waals surface area contributed by atoms with Crippen molar-refractivity contribution in [2.24, 2.45) is 0 Å². The van der Waals surface area contributed by atoms with E-state index >= 15 is 0 Å². The molecule has 0 atom stereocenters. The molecule has 9 rings (SSSR count). The monoisotopic (exact) mass is 483 g/mol. The number of pyridine rings is 1. The van der Waals surface area contributed by atoms with Crippen LogP contribution in [0.2, 0.25) is 0 Å². The second-order valence-electron chi connectivity index (χ2n) is 10.0. The molecule has 0 aliphatic heterocycles. The van der Waals surface area contributed by atoms with Crippen LogP contribution in [0.15, 0.2) is 127 Å². The standard InChI is InChI=1S/C35H21N3/c1-3-11-22(12-4-1)28-21-29(23-13-5-2-6-14-23)36-35-34(28)37-30-17-9-7-15-24(30)26-19-20-27-25-16-8-10-18-31(25)38(35)33(27)32(26)37/h1-21H. The molecular formula is C35H21N3. The number of para-hydroxylation sites is 2. The average Bonchev–Trinajstić information content (AvgIpc) is 3.51. The first-order valence-electron chi connectivity index (χ1n) is 13.0. The van der Waals surface area contributed by atoms with Crippen LogP contribution in [0, 0.1) is 0 Å². The molecule has 0 unspecified atom stereocenters. The molecule has 0 spiro atoms. The van der Waals surface area contributed by atoms with Crippen molar-refractivity contribution in [3.8, 4) is 22.4 Å². The van der Waals surface area contributed by atoms with Gasteiger partial charge in [0.2, 0.25) is 0 Å². The van der Waals surface area contributed by atoms with E-state index in [4.69, 9.17) is 4.98 Å². The van der Waals surface area contributed by atoms with E-state index in [1.807, 2.05) is 0 Å². The van der Waals surface area contributed by atoms with Crippen molar-refractivity contribution < 1.29 is 0 Å². The van der Waals surface area contributed by atoms with Crippen molar-refractivity contribution in [1.82, 2.24) is 13.8 Å². The third-order valence-corrected chi connectivity index (χ3v) is 8.03. The van der Waals surface area contributed by atoms with Crippen molar-refractivity contribution in [3.05, 3.63) is 127 Å². The highest BCUT2D eigenvalue weighted by Gasteiger charge is 2.24. The summed E-state index contributed by atoms with van der Waals surface area (Å²) in [6.07, 6.45) is 0. The maximum Gasteiger partial charge on any atom is 0.163 e. The quantitative estimate of drug-likeness (QED) is 0.225. The van der Waals surface area contributed by atoms with Crippen LogP contribution in [0.3, 0.4) is 0 Å². The molecule has 3 nitrogen and oxygen atoms in total. The molecule has 0 aliphatic rings. The third-order valence-electron chi connectivity index (χ3n) is 8.03. The van der Waals surface area contributed by atoms with E-state index in [1.54, 1.807) is 0 Å². The van der Waals surface area contributed by atoms with Gasteiger partial charge in [-0.3, -0.25) is 4.40 Å². The topological polar surface area (TPSA) is 21.7 Å². The zero-order chi connectivity index (χ0) is 24.8. The molecule has 9 aromatic rings. The van der Waals surface area contributed by atoms with E-state index in [1.165, 1.54) is 54.7 Å². The zero-order valence-electron chi connectivity index (χ0n) is 20.5. The van der Waals surface area contributed by atoms with Crippen LogP contribution in [-0.4, -0.2) is 13.8 Å². The highest BCUT2D eigenvalue weighted by atomic mass is 15.1. The van der Waals surface area contributed by atoms with Gasteiger partial charge in [0.1, 0.15) is 0 Å². The number of hydrogen-bond acceptors (Lipinski definition) is 1. The molecule has 4 aromatic heterocycles. The minimum Gasteiger partial charge on any atom is -0.303 e. The minimum atomic E-state index is 0.970. The Balaban J connectivity index is 1.66. The molecule has 0 amide bonds. The molecule has 4 heterocycles. The highest BCUT2D eigenvalue weighted by Crippen LogP contribution is 2.44. The molecule has 38 heavy (non-hydrogen) atoms. The summed E-state index contributed by atoms with van der Waals surface area (Å²) in [5, 5.41) is 5.05. The second kappa shape index (κ2) is 7.21. The molecule has 3 heteroatoms. The Kier molecular flexibility index (Phi) is 3.79. The van der Waals surface area contributed by atoms with Gasteiger partial charge in [0.05, 0.1) is 33.3 Å². The summed E-state index contributed by atoms with van der Waals surface area (Å²) in [5.41, 5.74) is 11.4. The van der Waals surface area contributed by atoms with Crippen LogP contribution in [0.25, 0.3) is 77.2 Å². The lowest BCUT2D eigenvalue weighted by atomic mass is 10.0. The molecule has 0 aliphatic carbocycles. The number of hydrogen-bond donors (Lipinski definition) is 0. The predicted octanol–water partition coefficient (Wildman–Crippen LogP) is 8.97. The fraction of sp³-hybridized carbons (Fsp3) is 0. The number of nitrogens with zero attached hydrogens (tertiary/aromatic N) is 3. The fourth-order valence-electron chi connectivity index (χ4n) is 6.45. The lowest BCUT2D eigenvalue weighted by Crippen LogP contribution is -2.02. The minimum absolute atomic E-state index is 0.970. The first kappa shape index (κ1) is 20.0. The van der Waals surface area contributed by atoms with Gasteiger partial charge in [-0.1, -0.05) is 109 Å². The molecular weight excluding hydrogens is 462 g/mol. The average molecular weight is 484 g/mol. The van der Waals surface area contributed by atoms with E-state index in [9.17, 15) is 0 Å². The third kappa shape index (κ3) is 2.45. The predicted molar refractivity (Wildman–Crippen MR) is 158 cm³/mol. The Hall–Kier alpha value is -5.15. The van der Waals surface area contributed by atoms with E-state index in [0.29, 0.717) is 0 Å². The Morgan fingerprint density at radius 1 is 0.421 bits per heavy atom. The van der Waals surface area contributed by atoms with Crippen molar-refractivity contribution in [1.29, 1.82) is 0 Å². The largest absolute Gasteiger partial charge is 0.303 e. The highest BCUT2D eigenvalue weighted by molar-refractivity contribution is 6.25. The van der Waals surface area contributed by atoms with Crippen molar-refractivity contribution in [3.63, 3.8) is 0 Å². The normalized spacial score (nSPS) is 12.2. The van der Waals surface area contributed by atoms with Crippen LogP contribution in [-0.2, 0) is 0 Å². The zero-order valence-corrected chi connectivity index (χ0v) is 20.5. The van der Waals surface area contributed by atoms with E-state index < -0.39 is 0 Å². The number of aromatic nitrogens is 3. The van der Waals surface area contributed by atoms with Gasteiger partial charge in [0, 0.05) is 32.7 Å². The van der Waals surface area contributed by atoms with E-state index in [2.05, 4.69) is 136 Å². The SMILES string of the molecule is c1ccc(-c2cc(-c3ccccc3)c3c(n2)n2c4ccccc4c4ccc5c6ccccc6n3c5c42)cc1. The van der Waals surface area contributed by atoms with Crippen molar-refractivity contribution in [2.75, 3.05) is 0 Å². The van der Waals surface area contributed by atoms with Crippen LogP contribution >= 0.6 is 0 Å². The molecule has 5 aromatic carbocycles. The summed E-state index contributed by atoms with van der Waals surface area (Å²) in [5.74, 6) is 0. The van der Waals surface area contributed by atoms with Gasteiger partial charge in [0.25, 0.3) is 0 Å². The second-order valence-corrected chi connectivity index (χ2v) is 10.0. The van der Waals surface area contributed by atoms with Crippen LogP contribution < -0.4 is 0 Å². The van der Waals surface area contributed by atoms with Crippen LogP contribution in [0.5, 0.6) is 0 Å². The van der Waals surface area contributed by atoms with Gasteiger partial charge >= 0.3 is 0 Å². The molecule has 0 bridgehead atoms. The van der Waals surface area contributed by atoms with Gasteiger partial charge in [-0.15, -0.1) is 0 Å². The summed E-state index contributed by atoms with van der Waals surface area (Å²) in [6, 6.07) is 45.6. The molecule has 0 radical (unpaired) electrons. The first-order valence-corrected chi connectivity index (χ1v) is 13.0. The maximum absolute atomic E-state index is 5.43. The number of fused-ring (bicyclic) bond motifs is 9. The van der Waals surface area contributed by atoms with E-state index in [-0.39, 0.29) is 0 Å². The van der Waals surface area contributed by atoms with Gasteiger partial charge in [0.15, 0.2) is 5.65 Å².